The minimum atomic E-state index is -0.770. The minimum Gasteiger partial charge on any atom is -0.306 e. The van der Waals surface area contributed by atoms with Crippen LogP contribution in [0.5, 0.6) is 0 Å². The lowest BCUT2D eigenvalue weighted by Gasteiger charge is -2.31. The number of carbonyl (C=O) groups is 3. The molecule has 21 heavy (non-hydrogen) atoms. The van der Waals surface area contributed by atoms with Gasteiger partial charge in [-0.15, -0.1) is 0 Å². The number of hydrogen-bond donors (Lipinski definition) is 2. The van der Waals surface area contributed by atoms with Gasteiger partial charge in [0.25, 0.3) is 11.8 Å². The van der Waals surface area contributed by atoms with Gasteiger partial charge < -0.3 is 4.90 Å². The summed E-state index contributed by atoms with van der Waals surface area (Å²) in [6.07, 6.45) is 9.79. The van der Waals surface area contributed by atoms with E-state index in [1.165, 1.54) is 6.08 Å². The summed E-state index contributed by atoms with van der Waals surface area (Å²) >= 11 is 0. The Bertz CT molecular complexity index is 478. The summed E-state index contributed by atoms with van der Waals surface area (Å²) in [5, 5.41) is 4.10. The molecule has 2 rings (SSSR count). The van der Waals surface area contributed by atoms with Gasteiger partial charge in [0.05, 0.1) is 0 Å². The Morgan fingerprint density at radius 1 is 1.00 bits per heavy atom. The normalized spacial score (nSPS) is 27.0. The Labute approximate surface area is 124 Å². The van der Waals surface area contributed by atoms with Gasteiger partial charge in [0.1, 0.15) is 5.57 Å². The van der Waals surface area contributed by atoms with E-state index in [1.54, 1.807) is 6.08 Å². The highest BCUT2D eigenvalue weighted by Crippen LogP contribution is 2.27. The molecule has 0 atom stereocenters. The van der Waals surface area contributed by atoms with Crippen LogP contribution < -0.4 is 10.6 Å². The van der Waals surface area contributed by atoms with E-state index in [0.29, 0.717) is 12.0 Å². The van der Waals surface area contributed by atoms with E-state index in [-0.39, 0.29) is 5.57 Å². The van der Waals surface area contributed by atoms with Crippen LogP contribution in [0.2, 0.25) is 0 Å². The lowest BCUT2D eigenvalue weighted by Crippen LogP contribution is -2.51. The van der Waals surface area contributed by atoms with E-state index in [4.69, 9.17) is 0 Å². The largest absolute Gasteiger partial charge is 0.328 e. The molecule has 0 spiro atoms. The molecule has 0 unspecified atom stereocenters. The molecule has 1 aliphatic carbocycles. The maximum Gasteiger partial charge on any atom is 0.328 e. The van der Waals surface area contributed by atoms with Crippen LogP contribution in [0.15, 0.2) is 23.8 Å². The molecule has 0 bridgehead atoms. The third kappa shape index (κ3) is 4.01. The molecular weight excluding hydrogens is 270 g/mol. The number of amides is 4. The van der Waals surface area contributed by atoms with Crippen LogP contribution in [0.3, 0.4) is 0 Å². The van der Waals surface area contributed by atoms with Crippen LogP contribution in [0, 0.1) is 5.92 Å². The standard InChI is InChI=1S/C15H21N3O3/c1-18(2)11-8-6-10(7-9-11)4-3-5-12-13(19)16-15(21)17-14(12)20/h3-5,10-11H,6-9H2,1-2H3,(H2,16,17,19,20,21)/b4-3+. The second-order valence-electron chi connectivity index (χ2n) is 5.73. The van der Waals surface area contributed by atoms with Crippen LogP contribution in [-0.2, 0) is 9.59 Å². The van der Waals surface area contributed by atoms with E-state index in [0.717, 1.165) is 25.7 Å². The molecule has 1 saturated carbocycles. The van der Waals surface area contributed by atoms with Gasteiger partial charge >= 0.3 is 6.03 Å². The van der Waals surface area contributed by atoms with Crippen molar-refractivity contribution >= 4 is 17.8 Å². The van der Waals surface area contributed by atoms with Crippen molar-refractivity contribution in [2.75, 3.05) is 14.1 Å². The zero-order chi connectivity index (χ0) is 15.4. The second-order valence-corrected chi connectivity index (χ2v) is 5.73. The van der Waals surface area contributed by atoms with Crippen molar-refractivity contribution < 1.29 is 14.4 Å². The maximum atomic E-state index is 11.5. The lowest BCUT2D eigenvalue weighted by atomic mass is 9.85. The number of urea groups is 1. The zero-order valence-corrected chi connectivity index (χ0v) is 12.4. The number of hydrogen-bond acceptors (Lipinski definition) is 4. The van der Waals surface area contributed by atoms with Gasteiger partial charge in [-0.05, 0) is 51.8 Å². The molecule has 2 N–H and O–H groups in total. The Morgan fingerprint density at radius 2 is 1.57 bits per heavy atom. The van der Waals surface area contributed by atoms with Gasteiger partial charge in [0.2, 0.25) is 0 Å². The molecule has 0 aromatic heterocycles. The van der Waals surface area contributed by atoms with Gasteiger partial charge in [-0.1, -0.05) is 12.2 Å². The summed E-state index contributed by atoms with van der Waals surface area (Å²) in [6, 6.07) is -0.123. The van der Waals surface area contributed by atoms with Crippen molar-refractivity contribution in [3.05, 3.63) is 23.8 Å². The van der Waals surface area contributed by atoms with Crippen LogP contribution in [0.1, 0.15) is 25.7 Å². The summed E-state index contributed by atoms with van der Waals surface area (Å²) < 4.78 is 0. The summed E-state index contributed by atoms with van der Waals surface area (Å²) in [5.74, 6) is -0.816. The van der Waals surface area contributed by atoms with Crippen molar-refractivity contribution in [1.82, 2.24) is 15.5 Å². The number of nitrogens with one attached hydrogen (secondary N) is 2. The molecule has 2 fully saturated rings. The number of imide groups is 2. The monoisotopic (exact) mass is 291 g/mol. The highest BCUT2D eigenvalue weighted by Gasteiger charge is 2.27. The molecule has 6 nitrogen and oxygen atoms in total. The van der Waals surface area contributed by atoms with Crippen LogP contribution in [-0.4, -0.2) is 42.9 Å². The second kappa shape index (κ2) is 6.67. The van der Waals surface area contributed by atoms with Gasteiger partial charge in [-0.2, -0.15) is 0 Å². The Kier molecular flexibility index (Phi) is 4.90. The topological polar surface area (TPSA) is 78.5 Å². The molecule has 0 aromatic carbocycles. The summed E-state index contributed by atoms with van der Waals surface area (Å²) in [4.78, 5) is 36.2. The van der Waals surface area contributed by atoms with Crippen molar-refractivity contribution in [2.45, 2.75) is 31.7 Å². The van der Waals surface area contributed by atoms with Gasteiger partial charge in [-0.25, -0.2) is 4.79 Å². The van der Waals surface area contributed by atoms with Gasteiger partial charge in [-0.3, -0.25) is 20.2 Å². The number of carbonyl (C=O) groups excluding carboxylic acids is 3. The molecule has 0 radical (unpaired) electrons. The molecule has 1 aliphatic heterocycles. The van der Waals surface area contributed by atoms with E-state index in [1.807, 2.05) is 16.7 Å². The highest BCUT2D eigenvalue weighted by molar-refractivity contribution is 6.28. The Morgan fingerprint density at radius 3 is 2.10 bits per heavy atom. The molecule has 1 heterocycles. The molecule has 6 heteroatoms. The van der Waals surface area contributed by atoms with E-state index >= 15 is 0 Å². The Balaban J connectivity index is 1.90. The van der Waals surface area contributed by atoms with Crippen molar-refractivity contribution in [3.63, 3.8) is 0 Å². The van der Waals surface area contributed by atoms with Crippen molar-refractivity contribution in [3.8, 4) is 0 Å². The number of rotatable bonds is 3. The predicted octanol–water partition coefficient (Wildman–Crippen LogP) is 0.955. The van der Waals surface area contributed by atoms with E-state index in [2.05, 4.69) is 19.0 Å². The number of allylic oxidation sites excluding steroid dienone is 3. The fourth-order valence-corrected chi connectivity index (χ4v) is 2.75. The van der Waals surface area contributed by atoms with Crippen molar-refractivity contribution in [2.24, 2.45) is 5.92 Å². The smallest absolute Gasteiger partial charge is 0.306 e. The van der Waals surface area contributed by atoms with Crippen molar-refractivity contribution in [1.29, 1.82) is 0 Å². The first kappa shape index (κ1) is 15.4. The summed E-state index contributed by atoms with van der Waals surface area (Å²) in [7, 11) is 4.21. The summed E-state index contributed by atoms with van der Waals surface area (Å²) in [5.41, 5.74) is -0.0344. The first-order valence-corrected chi connectivity index (χ1v) is 7.19. The molecule has 114 valence electrons. The number of barbiturate groups is 1. The minimum absolute atomic E-state index is 0.0344. The van der Waals surface area contributed by atoms with E-state index < -0.39 is 17.8 Å². The van der Waals surface area contributed by atoms with Crippen LogP contribution in [0.4, 0.5) is 4.79 Å². The zero-order valence-electron chi connectivity index (χ0n) is 12.4. The average molecular weight is 291 g/mol. The lowest BCUT2D eigenvalue weighted by molar-refractivity contribution is -0.124. The first-order chi connectivity index (χ1) is 9.97. The predicted molar refractivity (Wildman–Crippen MR) is 78.3 cm³/mol. The SMILES string of the molecule is CN(C)C1CCC(/C=C/C=C2C(=O)NC(=O)NC2=O)CC1. The molecule has 0 aromatic rings. The quantitative estimate of drug-likeness (QED) is 0.599. The average Bonchev–Trinajstić information content (AvgIpc) is 2.42. The van der Waals surface area contributed by atoms with E-state index in [9.17, 15) is 14.4 Å². The fraction of sp³-hybridized carbons (Fsp3) is 0.533. The van der Waals surface area contributed by atoms with Crippen LogP contribution >= 0.6 is 0 Å². The first-order valence-electron chi connectivity index (χ1n) is 7.19. The molecule has 2 aliphatic rings. The number of nitrogens with zero attached hydrogens (tertiary/aromatic N) is 1. The third-order valence-electron chi connectivity index (χ3n) is 4.06. The fourth-order valence-electron chi connectivity index (χ4n) is 2.75. The molecule has 1 saturated heterocycles. The Hall–Kier alpha value is -1.95. The highest BCUT2D eigenvalue weighted by atomic mass is 16.2. The summed E-state index contributed by atoms with van der Waals surface area (Å²) in [6.45, 7) is 0. The maximum absolute atomic E-state index is 11.5. The molecule has 4 amide bonds. The molecular formula is C15H21N3O3. The van der Waals surface area contributed by atoms with Crippen LogP contribution in [0.25, 0.3) is 0 Å². The van der Waals surface area contributed by atoms with Gasteiger partial charge in [0, 0.05) is 6.04 Å². The third-order valence-corrected chi connectivity index (χ3v) is 4.06. The van der Waals surface area contributed by atoms with Gasteiger partial charge in [0.15, 0.2) is 0 Å².